The van der Waals surface area contributed by atoms with Gasteiger partial charge < -0.3 is 9.64 Å². The first-order valence-corrected chi connectivity index (χ1v) is 10.5. The van der Waals surface area contributed by atoms with E-state index >= 15 is 0 Å². The molecule has 1 aliphatic rings. The number of hydrogen-bond donors (Lipinski definition) is 0. The summed E-state index contributed by atoms with van der Waals surface area (Å²) in [5, 5.41) is 0. The number of ether oxygens (including phenoxy) is 1. The first-order valence-electron chi connectivity index (χ1n) is 10.5. The van der Waals surface area contributed by atoms with Crippen LogP contribution in [-0.2, 0) is 16.0 Å². The van der Waals surface area contributed by atoms with Crippen LogP contribution in [0.1, 0.15) is 41.5 Å². The minimum absolute atomic E-state index is 0.00934. The number of fused-ring (bicyclic) bond motifs is 1. The van der Waals surface area contributed by atoms with Crippen molar-refractivity contribution in [1.82, 2.24) is 19.3 Å². The summed E-state index contributed by atoms with van der Waals surface area (Å²) in [6.45, 7) is 4.11. The van der Waals surface area contributed by atoms with Crippen LogP contribution in [0.25, 0.3) is 5.78 Å². The molecule has 168 valence electrons. The van der Waals surface area contributed by atoms with E-state index < -0.39 is 23.0 Å². The van der Waals surface area contributed by atoms with E-state index in [2.05, 4.69) is 9.97 Å². The summed E-state index contributed by atoms with van der Waals surface area (Å²) < 4.78 is 34.8. The topological polar surface area (TPSA) is 76.8 Å². The maximum atomic E-state index is 14.4. The van der Waals surface area contributed by atoms with Crippen molar-refractivity contribution in [2.45, 2.75) is 33.1 Å². The zero-order chi connectivity index (χ0) is 22.9. The Hall–Kier alpha value is -3.36. The Labute approximate surface area is 184 Å². The summed E-state index contributed by atoms with van der Waals surface area (Å²) in [6, 6.07) is 5.01. The van der Waals surface area contributed by atoms with Crippen LogP contribution in [0.5, 0.6) is 0 Å². The Morgan fingerprint density at radius 1 is 1.28 bits per heavy atom. The Bertz CT molecular complexity index is 1180. The standard InChI is InChI=1S/C23H24F2N4O3/c1-3-32-21(31)23(13-16-6-7-17(24)12-18(16)25)8-4-10-28(14-23)20(30)19-15(2)27-22-26-9-5-11-29(19)22/h5-7,9,11-12H,3-4,8,10,13-14H2,1-2H3/t23-/m0/s1. The van der Waals surface area contributed by atoms with E-state index in [0.29, 0.717) is 36.6 Å². The lowest BCUT2D eigenvalue weighted by Gasteiger charge is -2.41. The molecule has 1 atom stereocenters. The van der Waals surface area contributed by atoms with Gasteiger partial charge in [0.2, 0.25) is 5.78 Å². The zero-order valence-corrected chi connectivity index (χ0v) is 18.0. The number of aromatic nitrogens is 3. The molecule has 1 aliphatic heterocycles. The third-order valence-corrected chi connectivity index (χ3v) is 5.90. The molecule has 0 N–H and O–H groups in total. The van der Waals surface area contributed by atoms with Gasteiger partial charge >= 0.3 is 5.97 Å². The van der Waals surface area contributed by atoms with Crippen LogP contribution in [0, 0.1) is 24.0 Å². The van der Waals surface area contributed by atoms with Crippen LogP contribution in [0.4, 0.5) is 8.78 Å². The largest absolute Gasteiger partial charge is 0.466 e. The molecule has 0 saturated carbocycles. The van der Waals surface area contributed by atoms with Crippen molar-refractivity contribution in [2.24, 2.45) is 5.41 Å². The maximum absolute atomic E-state index is 14.4. The van der Waals surface area contributed by atoms with Gasteiger partial charge in [0.15, 0.2) is 0 Å². The molecule has 1 amide bonds. The number of esters is 1. The Morgan fingerprint density at radius 2 is 2.09 bits per heavy atom. The second-order valence-corrected chi connectivity index (χ2v) is 8.08. The number of nitrogens with zero attached hydrogens (tertiary/aromatic N) is 4. The quantitative estimate of drug-likeness (QED) is 0.567. The summed E-state index contributed by atoms with van der Waals surface area (Å²) in [6.07, 6.45) is 4.29. The Balaban J connectivity index is 1.69. The van der Waals surface area contributed by atoms with Gasteiger partial charge in [0, 0.05) is 31.5 Å². The van der Waals surface area contributed by atoms with Gasteiger partial charge in [0.25, 0.3) is 5.91 Å². The molecule has 32 heavy (non-hydrogen) atoms. The van der Waals surface area contributed by atoms with E-state index in [1.165, 1.54) is 6.07 Å². The average molecular weight is 442 g/mol. The molecule has 0 spiro atoms. The molecule has 7 nitrogen and oxygen atoms in total. The maximum Gasteiger partial charge on any atom is 0.314 e. The van der Waals surface area contributed by atoms with Crippen LogP contribution in [-0.4, -0.2) is 50.8 Å². The Kier molecular flexibility index (Phi) is 5.90. The first-order chi connectivity index (χ1) is 15.3. The third-order valence-electron chi connectivity index (χ3n) is 5.90. The summed E-state index contributed by atoms with van der Waals surface area (Å²) in [7, 11) is 0. The summed E-state index contributed by atoms with van der Waals surface area (Å²) >= 11 is 0. The molecule has 3 heterocycles. The predicted molar refractivity (Wildman–Crippen MR) is 112 cm³/mol. The Morgan fingerprint density at radius 3 is 2.84 bits per heavy atom. The van der Waals surface area contributed by atoms with Crippen molar-refractivity contribution in [1.29, 1.82) is 0 Å². The number of carbonyl (C=O) groups is 2. The van der Waals surface area contributed by atoms with Gasteiger partial charge in [-0.25, -0.2) is 18.7 Å². The fraction of sp³-hybridized carbons (Fsp3) is 0.391. The highest BCUT2D eigenvalue weighted by Crippen LogP contribution is 2.37. The van der Waals surface area contributed by atoms with E-state index in [4.69, 9.17) is 4.74 Å². The van der Waals surface area contributed by atoms with E-state index in [-0.39, 0.29) is 31.0 Å². The van der Waals surface area contributed by atoms with Crippen LogP contribution in [0.15, 0.2) is 36.7 Å². The fourth-order valence-corrected chi connectivity index (χ4v) is 4.41. The van der Waals surface area contributed by atoms with Crippen molar-refractivity contribution in [3.63, 3.8) is 0 Å². The molecule has 0 aliphatic carbocycles. The van der Waals surface area contributed by atoms with Crippen LogP contribution >= 0.6 is 0 Å². The lowest BCUT2D eigenvalue weighted by Crippen LogP contribution is -2.52. The molecule has 0 radical (unpaired) electrons. The van der Waals surface area contributed by atoms with E-state index in [1.54, 1.807) is 41.6 Å². The van der Waals surface area contributed by atoms with Crippen LogP contribution in [0.2, 0.25) is 0 Å². The number of benzene rings is 1. The highest BCUT2D eigenvalue weighted by atomic mass is 19.1. The van der Waals surface area contributed by atoms with Crippen molar-refractivity contribution >= 4 is 17.7 Å². The molecule has 1 fully saturated rings. The minimum Gasteiger partial charge on any atom is -0.466 e. The van der Waals surface area contributed by atoms with E-state index in [0.717, 1.165) is 12.1 Å². The van der Waals surface area contributed by atoms with Gasteiger partial charge in [-0.3, -0.25) is 14.0 Å². The van der Waals surface area contributed by atoms with Gasteiger partial charge in [-0.15, -0.1) is 0 Å². The number of carbonyl (C=O) groups excluding carboxylic acids is 2. The highest BCUT2D eigenvalue weighted by Gasteiger charge is 2.46. The number of rotatable bonds is 5. The van der Waals surface area contributed by atoms with Crippen molar-refractivity contribution in [3.05, 3.63) is 65.2 Å². The molecule has 2 aromatic heterocycles. The summed E-state index contributed by atoms with van der Waals surface area (Å²) in [4.78, 5) is 36.7. The highest BCUT2D eigenvalue weighted by molar-refractivity contribution is 5.95. The summed E-state index contributed by atoms with van der Waals surface area (Å²) in [5.74, 6) is -1.77. The van der Waals surface area contributed by atoms with Crippen molar-refractivity contribution < 1.29 is 23.1 Å². The lowest BCUT2D eigenvalue weighted by atomic mass is 9.74. The van der Waals surface area contributed by atoms with Crippen molar-refractivity contribution in [2.75, 3.05) is 19.7 Å². The van der Waals surface area contributed by atoms with E-state index in [9.17, 15) is 18.4 Å². The molecule has 0 bridgehead atoms. The summed E-state index contributed by atoms with van der Waals surface area (Å²) in [5.41, 5.74) is -0.00913. The molecule has 9 heteroatoms. The average Bonchev–Trinajstić information content (AvgIpc) is 3.11. The number of aryl methyl sites for hydroxylation is 1. The molecular formula is C23H24F2N4O3. The predicted octanol–water partition coefficient (Wildman–Crippen LogP) is 3.34. The molecule has 3 aromatic rings. The lowest BCUT2D eigenvalue weighted by molar-refractivity contribution is -0.158. The number of piperidine rings is 1. The molecule has 1 saturated heterocycles. The van der Waals surface area contributed by atoms with E-state index in [1.807, 2.05) is 0 Å². The minimum atomic E-state index is -1.13. The fourth-order valence-electron chi connectivity index (χ4n) is 4.41. The second-order valence-electron chi connectivity index (χ2n) is 8.08. The molecule has 1 aromatic carbocycles. The van der Waals surface area contributed by atoms with Gasteiger partial charge in [-0.05, 0) is 50.8 Å². The van der Waals surface area contributed by atoms with Crippen LogP contribution in [0.3, 0.4) is 0 Å². The molecule has 4 rings (SSSR count). The number of amides is 1. The van der Waals surface area contributed by atoms with Gasteiger partial charge in [-0.2, -0.15) is 0 Å². The van der Waals surface area contributed by atoms with Gasteiger partial charge in [-0.1, -0.05) is 6.07 Å². The SMILES string of the molecule is CCOC(=O)[C@]1(Cc2ccc(F)cc2F)CCCN(C(=O)c2c(C)nc3ncccn23)C1. The second kappa shape index (κ2) is 8.64. The number of likely N-dealkylation sites (tertiary alicyclic amines) is 1. The molecule has 0 unspecified atom stereocenters. The monoisotopic (exact) mass is 442 g/mol. The smallest absolute Gasteiger partial charge is 0.314 e. The zero-order valence-electron chi connectivity index (χ0n) is 18.0. The third kappa shape index (κ3) is 3.94. The van der Waals surface area contributed by atoms with Gasteiger partial charge in [0.1, 0.15) is 17.3 Å². The first kappa shape index (κ1) is 21.9. The van der Waals surface area contributed by atoms with Crippen LogP contribution < -0.4 is 0 Å². The number of imidazole rings is 1. The van der Waals surface area contributed by atoms with Gasteiger partial charge in [0.05, 0.1) is 17.7 Å². The number of hydrogen-bond acceptors (Lipinski definition) is 5. The molecular weight excluding hydrogens is 418 g/mol. The van der Waals surface area contributed by atoms with Crippen molar-refractivity contribution in [3.8, 4) is 0 Å². The normalized spacial score (nSPS) is 18.7. The number of halogens is 2.